The monoisotopic (exact) mass is 996 g/mol. The number of methoxy groups -OCH3 is 1. The van der Waals surface area contributed by atoms with Crippen molar-refractivity contribution in [3.05, 3.63) is 75.1 Å². The van der Waals surface area contributed by atoms with Crippen LogP contribution < -0.4 is 4.74 Å². The Bertz CT molecular complexity index is 1570. The van der Waals surface area contributed by atoms with Crippen molar-refractivity contribution in [1.29, 1.82) is 0 Å². The molecule has 0 unspecified atom stereocenters. The summed E-state index contributed by atoms with van der Waals surface area (Å²) < 4.78 is 81.3. The molecule has 0 saturated heterocycles. The first-order chi connectivity index (χ1) is 31.9. The lowest BCUT2D eigenvalue weighted by Gasteiger charge is -2.29. The Hall–Kier alpha value is -2.22. The van der Waals surface area contributed by atoms with Crippen molar-refractivity contribution >= 4 is 53.1 Å². The van der Waals surface area contributed by atoms with Crippen LogP contribution in [0.3, 0.4) is 0 Å². The third-order valence-corrected chi connectivity index (χ3v) is 21.6. The SMILES string of the molecule is CCO[Si](/C=C/c1cc(OC)cc(/C=C/[Si](OCC)(OCC)OCC)c1CN=C(C)c1c(CC[Si](OCC)(OCC)OCC)cccc1CC[Si](OCC)(OCC)OCC)(OCC)OCC. The van der Waals surface area contributed by atoms with Gasteiger partial charge in [0.25, 0.3) is 0 Å². The van der Waals surface area contributed by atoms with Gasteiger partial charge in [0.1, 0.15) is 5.75 Å². The van der Waals surface area contributed by atoms with Crippen molar-refractivity contribution in [3.63, 3.8) is 0 Å². The van der Waals surface area contributed by atoms with Crippen LogP contribution >= 0.6 is 0 Å². The normalized spacial score (nSPS) is 13.2. The molecule has 2 rings (SSSR count). The highest BCUT2D eigenvalue weighted by atomic mass is 28.4. The van der Waals surface area contributed by atoms with Gasteiger partial charge in [-0.05, 0) is 154 Å². The summed E-state index contributed by atoms with van der Waals surface area (Å²) in [5.74, 6) is 0.662. The zero-order valence-corrected chi connectivity index (χ0v) is 47.0. The van der Waals surface area contributed by atoms with Crippen molar-refractivity contribution in [3.8, 4) is 5.75 Å². The van der Waals surface area contributed by atoms with Gasteiger partial charge in [0, 0.05) is 103 Å². The molecule has 0 saturated carbocycles. The molecule has 2 aromatic rings. The maximum absolute atomic E-state index is 6.32. The molecule has 0 aromatic heterocycles. The molecule has 0 atom stereocenters. The highest BCUT2D eigenvalue weighted by molar-refractivity contribution is 6.67. The summed E-state index contributed by atoms with van der Waals surface area (Å²) >= 11 is 0. The fourth-order valence-corrected chi connectivity index (χ4v) is 17.2. The first-order valence-electron chi connectivity index (χ1n) is 24.3. The molecule has 0 aliphatic carbocycles. The van der Waals surface area contributed by atoms with E-state index < -0.39 is 35.2 Å². The number of hydrogen-bond donors (Lipinski definition) is 0. The number of nitrogens with zero attached hydrogens (tertiary/aromatic N) is 1. The summed E-state index contributed by atoms with van der Waals surface area (Å²) in [6.45, 7) is 31.6. The fraction of sp³-hybridized carbons (Fsp3) is 0.646. The lowest BCUT2D eigenvalue weighted by molar-refractivity contribution is 0.0707. The summed E-state index contributed by atoms with van der Waals surface area (Å²) in [6, 6.07) is 11.7. The number of hydrogen-bond acceptors (Lipinski definition) is 14. The molecule has 0 bridgehead atoms. The Kier molecular flexibility index (Phi) is 29.6. The Labute approximate surface area is 403 Å². The average molecular weight is 997 g/mol. The molecule has 66 heavy (non-hydrogen) atoms. The van der Waals surface area contributed by atoms with E-state index in [0.717, 1.165) is 39.1 Å². The predicted octanol–water partition coefficient (Wildman–Crippen LogP) is 10.1. The fourth-order valence-electron chi connectivity index (χ4n) is 7.81. The van der Waals surface area contributed by atoms with Crippen LogP contribution in [-0.2, 0) is 72.5 Å². The molecular weight excluding hydrogens is 911 g/mol. The van der Waals surface area contributed by atoms with Crippen LogP contribution in [0.15, 0.2) is 46.7 Å². The summed E-state index contributed by atoms with van der Waals surface area (Å²) in [5.41, 5.74) is 10.8. The largest absolute Gasteiger partial charge is 0.529 e. The van der Waals surface area contributed by atoms with E-state index in [-0.39, 0.29) is 0 Å². The summed E-state index contributed by atoms with van der Waals surface area (Å²) in [5, 5.41) is 0. The van der Waals surface area contributed by atoms with Crippen LogP contribution in [0, 0.1) is 0 Å². The molecule has 18 heteroatoms. The number of rotatable bonds is 38. The van der Waals surface area contributed by atoms with Crippen molar-refractivity contribution in [1.82, 2.24) is 0 Å². The minimum atomic E-state index is -3.21. The van der Waals surface area contributed by atoms with E-state index in [4.69, 9.17) is 62.8 Å². The van der Waals surface area contributed by atoms with Crippen molar-refractivity contribution in [2.24, 2.45) is 4.99 Å². The minimum Gasteiger partial charge on any atom is -0.497 e. The van der Waals surface area contributed by atoms with Gasteiger partial charge < -0.3 is 57.8 Å². The Morgan fingerprint density at radius 2 is 0.803 bits per heavy atom. The maximum atomic E-state index is 6.32. The summed E-state index contributed by atoms with van der Waals surface area (Å²) in [4.78, 5) is 5.45. The first-order valence-corrected chi connectivity index (χ1v) is 31.8. The van der Waals surface area contributed by atoms with Crippen LogP contribution in [0.25, 0.3) is 12.2 Å². The molecule has 0 aliphatic heterocycles. The van der Waals surface area contributed by atoms with Crippen LogP contribution in [-0.4, -0.2) is 127 Å². The lowest BCUT2D eigenvalue weighted by atomic mass is 9.94. The van der Waals surface area contributed by atoms with Gasteiger partial charge in [-0.3, -0.25) is 4.99 Å². The third kappa shape index (κ3) is 18.6. The van der Waals surface area contributed by atoms with Crippen molar-refractivity contribution in [2.45, 2.75) is 121 Å². The predicted molar refractivity (Wildman–Crippen MR) is 273 cm³/mol. The second-order valence-electron chi connectivity index (χ2n) is 14.6. The minimum absolute atomic E-state index is 0.312. The average Bonchev–Trinajstić information content (AvgIpc) is 3.29. The van der Waals surface area contributed by atoms with E-state index in [1.165, 1.54) is 0 Å². The summed E-state index contributed by atoms with van der Waals surface area (Å²) in [6.07, 6.45) is 5.36. The molecule has 0 fully saturated rings. The number of benzene rings is 2. The van der Waals surface area contributed by atoms with Gasteiger partial charge in [-0.15, -0.1) is 0 Å². The van der Waals surface area contributed by atoms with Gasteiger partial charge in [-0.1, -0.05) is 30.4 Å². The molecule has 376 valence electrons. The van der Waals surface area contributed by atoms with Gasteiger partial charge in [0.15, 0.2) is 0 Å². The van der Waals surface area contributed by atoms with Crippen LogP contribution in [0.4, 0.5) is 0 Å². The van der Waals surface area contributed by atoms with E-state index in [2.05, 4.69) is 25.1 Å². The van der Waals surface area contributed by atoms with Gasteiger partial charge in [-0.25, -0.2) is 0 Å². The molecule has 0 radical (unpaired) electrons. The number of aryl methyl sites for hydroxylation is 2. The van der Waals surface area contributed by atoms with E-state index in [0.29, 0.717) is 117 Å². The van der Waals surface area contributed by atoms with E-state index in [1.54, 1.807) is 7.11 Å². The summed E-state index contributed by atoms with van der Waals surface area (Å²) in [7, 11) is -10.7. The van der Waals surface area contributed by atoms with Gasteiger partial charge >= 0.3 is 35.2 Å². The highest BCUT2D eigenvalue weighted by Crippen LogP contribution is 2.31. The molecule has 0 amide bonds. The second kappa shape index (κ2) is 32.6. The quantitative estimate of drug-likeness (QED) is 0.0468. The van der Waals surface area contributed by atoms with E-state index in [1.807, 2.05) is 119 Å². The van der Waals surface area contributed by atoms with E-state index in [9.17, 15) is 0 Å². The maximum Gasteiger partial charge on any atom is 0.529 e. The van der Waals surface area contributed by atoms with Crippen molar-refractivity contribution in [2.75, 3.05) is 86.4 Å². The Balaban J connectivity index is 3.04. The molecule has 2 aromatic carbocycles. The molecule has 0 N–H and O–H groups in total. The molecule has 0 aliphatic rings. The van der Waals surface area contributed by atoms with Crippen LogP contribution in [0.1, 0.15) is 123 Å². The topological polar surface area (TPSA) is 132 Å². The lowest BCUT2D eigenvalue weighted by Crippen LogP contribution is -2.46. The van der Waals surface area contributed by atoms with Gasteiger partial charge in [-0.2, -0.15) is 0 Å². The standard InChI is InChI=1S/C48H85NO13Si4/c1-15-51-63(52-16-2,53-17-3)34-30-42-28-27-29-43(31-35-64(54-18-4,55-19-5)56-20-6)48(42)41(13)49-40-47-44(32-36-65(57-21-7,58-22-8)59-23-9)38-46(50-14)39-45(47)33-37-66(60-24-10,61-25-11)62-26-12/h27-29,32-33,36-39H,15-26,30-31,34-35,40H2,1-14H3/b36-32+,37-33+,49-41?. The second-order valence-corrected chi connectivity index (χ2v) is 24.9. The zero-order chi connectivity index (χ0) is 48.9. The van der Waals surface area contributed by atoms with Crippen molar-refractivity contribution < 1.29 is 57.8 Å². The number of ether oxygens (including phenoxy) is 1. The molecule has 0 heterocycles. The third-order valence-electron chi connectivity index (χ3n) is 10.2. The Morgan fingerprint density at radius 3 is 1.09 bits per heavy atom. The molecule has 0 spiro atoms. The smallest absolute Gasteiger partial charge is 0.497 e. The van der Waals surface area contributed by atoms with Crippen LogP contribution in [0.2, 0.25) is 12.1 Å². The first kappa shape index (κ1) is 59.9. The highest BCUT2D eigenvalue weighted by Gasteiger charge is 2.42. The number of aliphatic imine (C=N–C) groups is 1. The van der Waals surface area contributed by atoms with E-state index >= 15 is 0 Å². The van der Waals surface area contributed by atoms with Gasteiger partial charge in [0.05, 0.1) is 13.7 Å². The molecular formula is C48H85NO13Si4. The van der Waals surface area contributed by atoms with Gasteiger partial charge in [0.2, 0.25) is 0 Å². The molecule has 14 nitrogen and oxygen atoms in total. The Morgan fingerprint density at radius 1 is 0.485 bits per heavy atom. The van der Waals surface area contributed by atoms with Crippen LogP contribution in [0.5, 0.6) is 5.75 Å². The zero-order valence-electron chi connectivity index (χ0n) is 43.0.